The number of ether oxygens (including phenoxy) is 2. The van der Waals surface area contributed by atoms with E-state index in [1.807, 2.05) is 24.3 Å². The number of hydrogen-bond donors (Lipinski definition) is 1. The number of rotatable bonds is 9. The molecule has 4 rings (SSSR count). The molecule has 7 nitrogen and oxygen atoms in total. The van der Waals surface area contributed by atoms with E-state index in [0.717, 1.165) is 18.4 Å². The summed E-state index contributed by atoms with van der Waals surface area (Å²) in [6, 6.07) is 12.0. The molecule has 0 amide bonds. The summed E-state index contributed by atoms with van der Waals surface area (Å²) in [5, 5.41) is 17.5. The van der Waals surface area contributed by atoms with E-state index in [-0.39, 0.29) is 24.6 Å². The fourth-order valence-corrected chi connectivity index (χ4v) is 3.73. The zero-order chi connectivity index (χ0) is 22.0. The van der Waals surface area contributed by atoms with Gasteiger partial charge in [-0.05, 0) is 61.4 Å². The number of halogens is 1. The first-order chi connectivity index (χ1) is 15.0. The van der Waals surface area contributed by atoms with Crippen LogP contribution in [0.15, 0.2) is 42.5 Å². The van der Waals surface area contributed by atoms with E-state index in [2.05, 4.69) is 10.3 Å². The Morgan fingerprint density at radius 2 is 2.06 bits per heavy atom. The maximum Gasteiger partial charge on any atom is 0.303 e. The molecular formula is C23H24FN3O4. The number of methoxy groups -OCH3 is 1. The molecule has 3 aromatic rings. The van der Waals surface area contributed by atoms with E-state index >= 15 is 0 Å². The van der Waals surface area contributed by atoms with Crippen LogP contribution in [-0.2, 0) is 11.4 Å². The maximum atomic E-state index is 14.3. The molecule has 1 atom stereocenters. The molecule has 0 bridgehead atoms. The molecule has 0 radical (unpaired) electrons. The number of carbonyl (C=O) groups is 1. The molecule has 1 aliphatic rings. The number of aromatic nitrogens is 3. The molecule has 1 heterocycles. The minimum absolute atomic E-state index is 0.000280. The van der Waals surface area contributed by atoms with Crippen LogP contribution in [-0.4, -0.2) is 33.2 Å². The lowest BCUT2D eigenvalue weighted by Crippen LogP contribution is -2.08. The summed E-state index contributed by atoms with van der Waals surface area (Å²) in [6.45, 7) is 1.96. The molecule has 8 heteroatoms. The monoisotopic (exact) mass is 425 g/mol. The average molecular weight is 425 g/mol. The van der Waals surface area contributed by atoms with Gasteiger partial charge in [-0.1, -0.05) is 17.3 Å². The number of carboxylic acid groups (broad SMARTS) is 1. The van der Waals surface area contributed by atoms with Gasteiger partial charge in [0.1, 0.15) is 35.3 Å². The van der Waals surface area contributed by atoms with Crippen molar-refractivity contribution in [2.75, 3.05) is 7.11 Å². The summed E-state index contributed by atoms with van der Waals surface area (Å²) >= 11 is 0. The fourth-order valence-electron chi connectivity index (χ4n) is 3.73. The van der Waals surface area contributed by atoms with E-state index in [4.69, 9.17) is 9.47 Å². The predicted molar refractivity (Wildman–Crippen MR) is 111 cm³/mol. The van der Waals surface area contributed by atoms with Crippen LogP contribution in [0.25, 0.3) is 5.69 Å². The quantitative estimate of drug-likeness (QED) is 0.551. The molecule has 0 unspecified atom stereocenters. The van der Waals surface area contributed by atoms with Crippen molar-refractivity contribution in [1.29, 1.82) is 0 Å². The Morgan fingerprint density at radius 1 is 1.26 bits per heavy atom. The molecule has 1 fully saturated rings. The zero-order valence-electron chi connectivity index (χ0n) is 17.4. The maximum absolute atomic E-state index is 14.3. The number of aliphatic carboxylic acids is 1. The second-order valence-corrected chi connectivity index (χ2v) is 7.75. The molecule has 162 valence electrons. The van der Waals surface area contributed by atoms with Gasteiger partial charge in [0.05, 0.1) is 19.2 Å². The zero-order valence-corrected chi connectivity index (χ0v) is 17.4. The molecule has 0 saturated heterocycles. The van der Waals surface area contributed by atoms with Gasteiger partial charge >= 0.3 is 5.97 Å². The van der Waals surface area contributed by atoms with Crippen LogP contribution in [0.5, 0.6) is 11.5 Å². The van der Waals surface area contributed by atoms with E-state index < -0.39 is 11.8 Å². The molecule has 31 heavy (non-hydrogen) atoms. The van der Waals surface area contributed by atoms with Crippen molar-refractivity contribution in [3.8, 4) is 17.2 Å². The lowest BCUT2D eigenvalue weighted by molar-refractivity contribution is -0.137. The lowest BCUT2D eigenvalue weighted by atomic mass is 9.91. The molecule has 2 aromatic carbocycles. The van der Waals surface area contributed by atoms with Crippen LogP contribution in [0.4, 0.5) is 4.39 Å². The van der Waals surface area contributed by atoms with Gasteiger partial charge in [0, 0.05) is 6.07 Å². The van der Waals surface area contributed by atoms with Crippen LogP contribution in [0.3, 0.4) is 0 Å². The fraction of sp³-hybridized carbons (Fsp3) is 0.348. The number of hydrogen-bond acceptors (Lipinski definition) is 5. The standard InChI is InChI=1S/C23H24FN3O4/c1-14-21(25-26-27(14)22-11-17(30-2)8-9-20(22)24)13-31-18-5-3-4-16(10-18)19(12-23(28)29)15-6-7-15/h3-5,8-11,15,19H,6-7,12-13H2,1-2H3,(H,28,29)/t19-/m0/s1. The van der Waals surface area contributed by atoms with Gasteiger partial charge in [0.15, 0.2) is 0 Å². The normalized spacial score (nSPS) is 14.3. The third kappa shape index (κ3) is 4.68. The Labute approximate surface area is 179 Å². The highest BCUT2D eigenvalue weighted by molar-refractivity contribution is 5.68. The first-order valence-corrected chi connectivity index (χ1v) is 10.2. The van der Waals surface area contributed by atoms with Crippen molar-refractivity contribution < 1.29 is 23.8 Å². The smallest absolute Gasteiger partial charge is 0.303 e. The molecule has 1 N–H and O–H groups in total. The van der Waals surface area contributed by atoms with Crippen LogP contribution in [0.1, 0.15) is 42.1 Å². The van der Waals surface area contributed by atoms with Gasteiger partial charge in [-0.2, -0.15) is 0 Å². The van der Waals surface area contributed by atoms with E-state index in [0.29, 0.717) is 28.8 Å². The molecule has 0 aliphatic heterocycles. The van der Waals surface area contributed by atoms with E-state index in [1.165, 1.54) is 17.9 Å². The number of benzene rings is 2. The highest BCUT2D eigenvalue weighted by atomic mass is 19.1. The number of nitrogens with zero attached hydrogens (tertiary/aromatic N) is 3. The Hall–Kier alpha value is -3.42. The van der Waals surface area contributed by atoms with Crippen molar-refractivity contribution in [3.63, 3.8) is 0 Å². The first-order valence-electron chi connectivity index (χ1n) is 10.2. The summed E-state index contributed by atoms with van der Waals surface area (Å²) in [5.41, 5.74) is 2.46. The molecule has 1 aliphatic carbocycles. The highest BCUT2D eigenvalue weighted by Crippen LogP contribution is 2.45. The first kappa shape index (κ1) is 20.8. The Balaban J connectivity index is 1.50. The van der Waals surface area contributed by atoms with Crippen molar-refractivity contribution in [3.05, 3.63) is 65.2 Å². The van der Waals surface area contributed by atoms with Crippen molar-refractivity contribution in [2.45, 2.75) is 38.7 Å². The molecule has 1 saturated carbocycles. The second-order valence-electron chi connectivity index (χ2n) is 7.75. The summed E-state index contributed by atoms with van der Waals surface area (Å²) in [6.07, 6.45) is 2.24. The minimum atomic E-state index is -0.791. The van der Waals surface area contributed by atoms with Crippen molar-refractivity contribution >= 4 is 5.97 Å². The van der Waals surface area contributed by atoms with Crippen LogP contribution in [0.2, 0.25) is 0 Å². The number of carboxylic acids is 1. The molecular weight excluding hydrogens is 401 g/mol. The second kappa shape index (κ2) is 8.75. The predicted octanol–water partition coefficient (Wildman–Crippen LogP) is 4.27. The van der Waals surface area contributed by atoms with Gasteiger partial charge in [0.25, 0.3) is 0 Å². The van der Waals surface area contributed by atoms with E-state index in [1.54, 1.807) is 19.1 Å². The van der Waals surface area contributed by atoms with Gasteiger partial charge in [-0.15, -0.1) is 5.10 Å². The van der Waals surface area contributed by atoms with Gasteiger partial charge in [0.2, 0.25) is 0 Å². The molecule has 1 aromatic heterocycles. The van der Waals surface area contributed by atoms with Crippen LogP contribution in [0, 0.1) is 18.7 Å². The van der Waals surface area contributed by atoms with Crippen molar-refractivity contribution in [2.24, 2.45) is 5.92 Å². The van der Waals surface area contributed by atoms with Crippen molar-refractivity contribution in [1.82, 2.24) is 15.0 Å². The molecule has 0 spiro atoms. The Bertz CT molecular complexity index is 1090. The lowest BCUT2D eigenvalue weighted by Gasteiger charge is -2.15. The largest absolute Gasteiger partial charge is 0.497 e. The van der Waals surface area contributed by atoms with Gasteiger partial charge < -0.3 is 14.6 Å². The summed E-state index contributed by atoms with van der Waals surface area (Å²) in [5.74, 6) is 0.354. The Kier molecular flexibility index (Phi) is 5.88. The third-order valence-corrected chi connectivity index (χ3v) is 5.62. The van der Waals surface area contributed by atoms with E-state index in [9.17, 15) is 14.3 Å². The highest BCUT2D eigenvalue weighted by Gasteiger charge is 2.33. The summed E-state index contributed by atoms with van der Waals surface area (Å²) < 4.78 is 26.8. The summed E-state index contributed by atoms with van der Waals surface area (Å²) in [4.78, 5) is 11.2. The SMILES string of the molecule is COc1ccc(F)c(-n2nnc(COc3cccc([C@@H](CC(=O)O)C4CC4)c3)c2C)c1. The Morgan fingerprint density at radius 3 is 2.77 bits per heavy atom. The van der Waals surface area contributed by atoms with Crippen LogP contribution < -0.4 is 9.47 Å². The van der Waals surface area contributed by atoms with Gasteiger partial charge in [-0.3, -0.25) is 4.79 Å². The topological polar surface area (TPSA) is 86.5 Å². The minimum Gasteiger partial charge on any atom is -0.497 e. The average Bonchev–Trinajstić information content (AvgIpc) is 3.54. The third-order valence-electron chi connectivity index (χ3n) is 5.62. The van der Waals surface area contributed by atoms with Gasteiger partial charge in [-0.25, -0.2) is 9.07 Å². The van der Waals surface area contributed by atoms with Crippen LogP contribution >= 0.6 is 0 Å². The summed E-state index contributed by atoms with van der Waals surface area (Å²) in [7, 11) is 1.52.